The fourth-order valence-corrected chi connectivity index (χ4v) is 1.88. The molecule has 0 saturated heterocycles. The molecule has 0 aliphatic heterocycles. The van der Waals surface area contributed by atoms with E-state index in [0.29, 0.717) is 22.1 Å². The molecule has 1 amide bonds. The predicted octanol–water partition coefficient (Wildman–Crippen LogP) is 2.35. The van der Waals surface area contributed by atoms with Gasteiger partial charge in [0.1, 0.15) is 5.82 Å². The molecule has 0 bridgehead atoms. The number of furan rings is 2. The molecule has 0 radical (unpaired) electrons. The van der Waals surface area contributed by atoms with Crippen LogP contribution in [0.2, 0.25) is 0 Å². The topological polar surface area (TPSA) is 97.0 Å². The highest BCUT2D eigenvalue weighted by atomic mass is 79.9. The Kier molecular flexibility index (Phi) is 3.38. The molecule has 0 atom stereocenters. The molecule has 0 aliphatic rings. The van der Waals surface area contributed by atoms with Crippen LogP contribution in [0.1, 0.15) is 16.4 Å². The van der Waals surface area contributed by atoms with Crippen molar-refractivity contribution in [1.82, 2.24) is 20.5 Å². The van der Waals surface area contributed by atoms with E-state index in [1.165, 1.54) is 0 Å². The van der Waals surface area contributed by atoms with Crippen molar-refractivity contribution in [2.24, 2.45) is 0 Å². The molecule has 0 unspecified atom stereocenters. The highest BCUT2D eigenvalue weighted by Gasteiger charge is 2.12. The molecule has 0 aromatic carbocycles. The van der Waals surface area contributed by atoms with E-state index in [4.69, 9.17) is 8.83 Å². The standard InChI is InChI=1S/C12H9BrN4O3/c13-9-4-3-8(20-9)12(18)14-6-10-15-11(17-16-10)7-2-1-5-19-7/h1-5H,6H2,(H,14,18)(H,15,16,17). The SMILES string of the molecule is O=C(NCc1nc(-c2ccco2)n[nH]1)c1ccc(Br)o1. The fourth-order valence-electron chi connectivity index (χ4n) is 1.58. The number of hydrogen-bond acceptors (Lipinski definition) is 5. The van der Waals surface area contributed by atoms with Crippen LogP contribution in [-0.4, -0.2) is 21.1 Å². The smallest absolute Gasteiger partial charge is 0.287 e. The zero-order valence-corrected chi connectivity index (χ0v) is 11.7. The second-order valence-electron chi connectivity index (χ2n) is 3.87. The predicted molar refractivity (Wildman–Crippen MR) is 71.7 cm³/mol. The maximum absolute atomic E-state index is 11.8. The van der Waals surface area contributed by atoms with Crippen molar-refractivity contribution in [3.63, 3.8) is 0 Å². The molecule has 102 valence electrons. The summed E-state index contributed by atoms with van der Waals surface area (Å²) in [5, 5.41) is 9.40. The summed E-state index contributed by atoms with van der Waals surface area (Å²) in [6.07, 6.45) is 1.54. The van der Waals surface area contributed by atoms with Gasteiger partial charge in [0.2, 0.25) is 5.82 Å². The van der Waals surface area contributed by atoms with Crippen LogP contribution in [0.3, 0.4) is 0 Å². The van der Waals surface area contributed by atoms with Gasteiger partial charge >= 0.3 is 0 Å². The van der Waals surface area contributed by atoms with E-state index in [9.17, 15) is 4.79 Å². The van der Waals surface area contributed by atoms with E-state index < -0.39 is 0 Å². The van der Waals surface area contributed by atoms with Crippen molar-refractivity contribution < 1.29 is 13.6 Å². The van der Waals surface area contributed by atoms with Gasteiger partial charge in [0.25, 0.3) is 5.91 Å². The first kappa shape index (κ1) is 12.7. The minimum atomic E-state index is -0.327. The summed E-state index contributed by atoms with van der Waals surface area (Å²) in [7, 11) is 0. The van der Waals surface area contributed by atoms with Gasteiger partial charge in [-0.1, -0.05) is 0 Å². The number of aromatic amines is 1. The third-order valence-electron chi connectivity index (χ3n) is 2.49. The fraction of sp³-hybridized carbons (Fsp3) is 0.0833. The molecule has 0 spiro atoms. The molecule has 3 rings (SSSR count). The normalized spacial score (nSPS) is 10.7. The second-order valence-corrected chi connectivity index (χ2v) is 4.65. The van der Waals surface area contributed by atoms with Crippen molar-refractivity contribution in [1.29, 1.82) is 0 Å². The highest BCUT2D eigenvalue weighted by molar-refractivity contribution is 9.10. The van der Waals surface area contributed by atoms with Crippen molar-refractivity contribution in [3.05, 3.63) is 46.8 Å². The maximum atomic E-state index is 11.8. The number of nitrogens with one attached hydrogen (secondary N) is 2. The minimum absolute atomic E-state index is 0.213. The first-order chi connectivity index (χ1) is 9.72. The van der Waals surface area contributed by atoms with Gasteiger partial charge in [0.15, 0.2) is 16.2 Å². The van der Waals surface area contributed by atoms with Gasteiger partial charge < -0.3 is 14.2 Å². The van der Waals surface area contributed by atoms with Crippen LogP contribution < -0.4 is 5.32 Å². The number of H-pyrrole nitrogens is 1. The summed E-state index contributed by atoms with van der Waals surface area (Å²) < 4.78 is 10.8. The van der Waals surface area contributed by atoms with Crippen LogP contribution in [0.5, 0.6) is 0 Å². The Morgan fingerprint density at radius 2 is 2.30 bits per heavy atom. The number of carbonyl (C=O) groups is 1. The summed E-state index contributed by atoms with van der Waals surface area (Å²) in [6.45, 7) is 0.213. The van der Waals surface area contributed by atoms with E-state index in [1.54, 1.807) is 30.5 Å². The lowest BCUT2D eigenvalue weighted by Crippen LogP contribution is -2.22. The molecular weight excluding hydrogens is 328 g/mol. The molecule has 2 N–H and O–H groups in total. The molecule has 3 heterocycles. The lowest BCUT2D eigenvalue weighted by molar-refractivity contribution is 0.0921. The Hall–Kier alpha value is -2.35. The van der Waals surface area contributed by atoms with Gasteiger partial charge in [-0.05, 0) is 40.2 Å². The van der Waals surface area contributed by atoms with Crippen molar-refractivity contribution in [3.8, 4) is 11.6 Å². The minimum Gasteiger partial charge on any atom is -0.461 e. The van der Waals surface area contributed by atoms with Crippen LogP contribution in [0.15, 0.2) is 44.0 Å². The van der Waals surface area contributed by atoms with Gasteiger partial charge in [-0.2, -0.15) is 0 Å². The largest absolute Gasteiger partial charge is 0.461 e. The summed E-state index contributed by atoms with van der Waals surface area (Å²) >= 11 is 3.14. The number of carbonyl (C=O) groups excluding carboxylic acids is 1. The van der Waals surface area contributed by atoms with E-state index in [-0.39, 0.29) is 18.2 Å². The van der Waals surface area contributed by atoms with Gasteiger partial charge in [-0.15, -0.1) is 5.10 Å². The molecule has 3 aromatic rings. The number of aromatic nitrogens is 3. The summed E-state index contributed by atoms with van der Waals surface area (Å²) in [5.41, 5.74) is 0. The molecule has 0 aliphatic carbocycles. The third-order valence-corrected chi connectivity index (χ3v) is 2.91. The van der Waals surface area contributed by atoms with E-state index in [0.717, 1.165) is 0 Å². The van der Waals surface area contributed by atoms with E-state index >= 15 is 0 Å². The van der Waals surface area contributed by atoms with Gasteiger partial charge in [-0.3, -0.25) is 9.89 Å². The lowest BCUT2D eigenvalue weighted by Gasteiger charge is -1.99. The Morgan fingerprint density at radius 3 is 3.00 bits per heavy atom. The lowest BCUT2D eigenvalue weighted by atomic mass is 10.4. The Morgan fingerprint density at radius 1 is 1.40 bits per heavy atom. The van der Waals surface area contributed by atoms with Gasteiger partial charge in [-0.25, -0.2) is 4.98 Å². The molecule has 3 aromatic heterocycles. The van der Waals surface area contributed by atoms with Crippen LogP contribution in [-0.2, 0) is 6.54 Å². The maximum Gasteiger partial charge on any atom is 0.287 e. The summed E-state index contributed by atoms with van der Waals surface area (Å²) in [6, 6.07) is 6.74. The number of halogens is 1. The van der Waals surface area contributed by atoms with Crippen LogP contribution >= 0.6 is 15.9 Å². The van der Waals surface area contributed by atoms with Crippen molar-refractivity contribution >= 4 is 21.8 Å². The average molecular weight is 337 g/mol. The molecule has 7 nitrogen and oxygen atoms in total. The molecule has 20 heavy (non-hydrogen) atoms. The van der Waals surface area contributed by atoms with Crippen LogP contribution in [0.4, 0.5) is 0 Å². The quantitative estimate of drug-likeness (QED) is 0.762. The number of amides is 1. The van der Waals surface area contributed by atoms with Crippen molar-refractivity contribution in [2.75, 3.05) is 0 Å². The molecule has 0 saturated carbocycles. The zero-order valence-electron chi connectivity index (χ0n) is 10.1. The molecule has 0 fully saturated rings. The number of nitrogens with zero attached hydrogens (tertiary/aromatic N) is 2. The van der Waals surface area contributed by atoms with E-state index in [1.807, 2.05) is 0 Å². The third kappa shape index (κ3) is 2.64. The summed E-state index contributed by atoms with van der Waals surface area (Å²) in [5.74, 6) is 1.43. The highest BCUT2D eigenvalue weighted by Crippen LogP contribution is 2.15. The number of hydrogen-bond donors (Lipinski definition) is 2. The van der Waals surface area contributed by atoms with Crippen molar-refractivity contribution in [2.45, 2.75) is 6.54 Å². The van der Waals surface area contributed by atoms with Crippen LogP contribution in [0, 0.1) is 0 Å². The van der Waals surface area contributed by atoms with Gasteiger partial charge in [0, 0.05) is 0 Å². The number of rotatable bonds is 4. The first-order valence-corrected chi connectivity index (χ1v) is 6.50. The Labute approximate surface area is 121 Å². The zero-order chi connectivity index (χ0) is 13.9. The summed E-state index contributed by atoms with van der Waals surface area (Å²) in [4.78, 5) is 16.0. The first-order valence-electron chi connectivity index (χ1n) is 5.71. The van der Waals surface area contributed by atoms with Gasteiger partial charge in [0.05, 0.1) is 12.8 Å². The second kappa shape index (κ2) is 5.33. The molecular formula is C12H9BrN4O3. The molecule has 8 heteroatoms. The Bertz CT molecular complexity index is 717. The Balaban J connectivity index is 1.63. The monoisotopic (exact) mass is 336 g/mol. The van der Waals surface area contributed by atoms with E-state index in [2.05, 4.69) is 36.4 Å². The van der Waals surface area contributed by atoms with Crippen LogP contribution in [0.25, 0.3) is 11.6 Å². The average Bonchev–Trinajstić information content (AvgIpc) is 3.16.